The minimum absolute atomic E-state index is 0.140. The molecule has 0 spiro atoms. The van der Waals surface area contributed by atoms with Crippen LogP contribution >= 0.6 is 0 Å². The van der Waals surface area contributed by atoms with Crippen molar-refractivity contribution < 1.29 is 47.7 Å². The van der Waals surface area contributed by atoms with Gasteiger partial charge in [0.05, 0.1) is 22.3 Å². The van der Waals surface area contributed by atoms with E-state index >= 15 is 0 Å². The molecule has 44 heavy (non-hydrogen) atoms. The van der Waals surface area contributed by atoms with Crippen molar-refractivity contribution in [2.45, 2.75) is 24.4 Å². The largest absolute Gasteiger partial charge is 0.458 e. The van der Waals surface area contributed by atoms with E-state index in [1.807, 2.05) is 0 Å². The van der Waals surface area contributed by atoms with E-state index in [0.717, 1.165) is 0 Å². The van der Waals surface area contributed by atoms with Gasteiger partial charge in [-0.3, -0.25) is 0 Å². The standard InChI is InChI=1S/C34H26O10/c35-30(22-13-5-1-6-14-22)40-21-26(41-31(36)23-15-7-2-8-16-23)27-28(43-32(37)24-17-9-3-10-18-24)29(34(39)42-27)44-33(38)25-19-11-4-12-20-25/h1-20,26-29H,21H2/t26-,27+,28-,29-/m1/s1. The number of hydrogen-bond acceptors (Lipinski definition) is 10. The monoisotopic (exact) mass is 594 g/mol. The molecule has 0 radical (unpaired) electrons. The highest BCUT2D eigenvalue weighted by Crippen LogP contribution is 2.29. The lowest BCUT2D eigenvalue weighted by atomic mass is 10.0. The molecule has 1 aliphatic rings. The van der Waals surface area contributed by atoms with E-state index in [4.69, 9.17) is 23.7 Å². The van der Waals surface area contributed by atoms with Crippen LogP contribution in [0.4, 0.5) is 0 Å². The molecule has 1 aliphatic heterocycles. The van der Waals surface area contributed by atoms with Crippen molar-refractivity contribution in [2.75, 3.05) is 6.61 Å². The SMILES string of the molecule is O=C(OC[C@@H](OC(=O)c1ccccc1)[C@@H]1OC(=O)[C@H](OC(=O)c2ccccc2)[C@@H]1OC(=O)c1ccccc1)c1ccccc1. The molecule has 0 aliphatic carbocycles. The second-order valence-electron chi connectivity index (χ2n) is 9.60. The first-order valence-electron chi connectivity index (χ1n) is 13.6. The van der Waals surface area contributed by atoms with Crippen LogP contribution in [0.1, 0.15) is 41.4 Å². The zero-order valence-electron chi connectivity index (χ0n) is 23.1. The first-order valence-corrected chi connectivity index (χ1v) is 13.6. The molecule has 10 heteroatoms. The minimum Gasteiger partial charge on any atom is -0.458 e. The molecule has 0 aromatic heterocycles. The molecule has 222 valence electrons. The lowest BCUT2D eigenvalue weighted by Gasteiger charge is -2.27. The lowest BCUT2D eigenvalue weighted by Crippen LogP contribution is -2.47. The number of esters is 5. The summed E-state index contributed by atoms with van der Waals surface area (Å²) in [6, 6.07) is 31.9. The van der Waals surface area contributed by atoms with Gasteiger partial charge >= 0.3 is 29.8 Å². The van der Waals surface area contributed by atoms with Crippen molar-refractivity contribution in [1.82, 2.24) is 0 Å². The first kappa shape index (κ1) is 29.7. The summed E-state index contributed by atoms with van der Waals surface area (Å²) in [5.41, 5.74) is 0.680. The van der Waals surface area contributed by atoms with Crippen LogP contribution in [0, 0.1) is 0 Å². The summed E-state index contributed by atoms with van der Waals surface area (Å²) in [4.78, 5) is 65.1. The highest BCUT2D eigenvalue weighted by Gasteiger charge is 2.54. The molecule has 0 N–H and O–H groups in total. The van der Waals surface area contributed by atoms with Crippen molar-refractivity contribution in [2.24, 2.45) is 0 Å². The number of carbonyl (C=O) groups is 5. The van der Waals surface area contributed by atoms with E-state index < -0.39 is 60.9 Å². The molecular formula is C34H26O10. The number of carbonyl (C=O) groups excluding carboxylic acids is 5. The summed E-state index contributed by atoms with van der Waals surface area (Å²) in [6.45, 7) is -0.580. The Morgan fingerprint density at radius 1 is 0.568 bits per heavy atom. The fourth-order valence-corrected chi connectivity index (χ4v) is 4.42. The minimum atomic E-state index is -1.72. The Labute approximate surface area is 252 Å². The summed E-state index contributed by atoms with van der Waals surface area (Å²) in [7, 11) is 0. The van der Waals surface area contributed by atoms with Crippen molar-refractivity contribution in [3.05, 3.63) is 144 Å². The number of ether oxygens (including phenoxy) is 5. The van der Waals surface area contributed by atoms with Crippen LogP contribution in [0.15, 0.2) is 121 Å². The van der Waals surface area contributed by atoms with Gasteiger partial charge in [0.25, 0.3) is 0 Å². The third-order valence-electron chi connectivity index (χ3n) is 6.63. The number of benzene rings is 4. The molecule has 0 amide bonds. The molecule has 1 fully saturated rings. The summed E-state index contributed by atoms with van der Waals surface area (Å²) in [5, 5.41) is 0. The van der Waals surface area contributed by atoms with Gasteiger partial charge < -0.3 is 23.7 Å². The van der Waals surface area contributed by atoms with Gasteiger partial charge in [-0.05, 0) is 48.5 Å². The summed E-state index contributed by atoms with van der Waals surface area (Å²) >= 11 is 0. The van der Waals surface area contributed by atoms with E-state index in [9.17, 15) is 24.0 Å². The average molecular weight is 595 g/mol. The zero-order valence-corrected chi connectivity index (χ0v) is 23.1. The topological polar surface area (TPSA) is 132 Å². The van der Waals surface area contributed by atoms with Gasteiger partial charge in [-0.25, -0.2) is 24.0 Å². The van der Waals surface area contributed by atoms with Gasteiger partial charge in [0.15, 0.2) is 18.3 Å². The van der Waals surface area contributed by atoms with Gasteiger partial charge in [0.2, 0.25) is 6.10 Å². The second-order valence-corrected chi connectivity index (χ2v) is 9.60. The smallest absolute Gasteiger partial charge is 0.352 e. The molecule has 4 aromatic rings. The van der Waals surface area contributed by atoms with Gasteiger partial charge in [0, 0.05) is 0 Å². The number of rotatable bonds is 10. The van der Waals surface area contributed by atoms with Gasteiger partial charge in [-0.15, -0.1) is 0 Å². The molecule has 1 heterocycles. The van der Waals surface area contributed by atoms with Crippen LogP contribution in [0.5, 0.6) is 0 Å². The molecule has 0 bridgehead atoms. The summed E-state index contributed by atoms with van der Waals surface area (Å²) in [6.07, 6.45) is -6.27. The van der Waals surface area contributed by atoms with E-state index in [-0.39, 0.29) is 22.3 Å². The van der Waals surface area contributed by atoms with Crippen molar-refractivity contribution >= 4 is 29.8 Å². The maximum atomic E-state index is 13.2. The molecular weight excluding hydrogens is 568 g/mol. The van der Waals surface area contributed by atoms with Gasteiger partial charge in [0.1, 0.15) is 6.61 Å². The Bertz CT molecular complexity index is 1610. The Morgan fingerprint density at radius 3 is 1.45 bits per heavy atom. The van der Waals surface area contributed by atoms with E-state index in [1.54, 1.807) is 72.8 Å². The predicted molar refractivity (Wildman–Crippen MR) is 154 cm³/mol. The maximum absolute atomic E-state index is 13.2. The maximum Gasteiger partial charge on any atom is 0.352 e. The summed E-state index contributed by atoms with van der Waals surface area (Å²) in [5.74, 6) is -4.32. The lowest BCUT2D eigenvalue weighted by molar-refractivity contribution is -0.152. The average Bonchev–Trinajstić information content (AvgIpc) is 3.37. The second kappa shape index (κ2) is 13.9. The Morgan fingerprint density at radius 2 is 0.977 bits per heavy atom. The third-order valence-corrected chi connectivity index (χ3v) is 6.63. The fraction of sp³-hybridized carbons (Fsp3) is 0.147. The van der Waals surface area contributed by atoms with Crippen molar-refractivity contribution in [1.29, 1.82) is 0 Å². The van der Waals surface area contributed by atoms with Crippen molar-refractivity contribution in [3.8, 4) is 0 Å². The van der Waals surface area contributed by atoms with Crippen LogP contribution in [0.25, 0.3) is 0 Å². The number of hydrogen-bond donors (Lipinski definition) is 0. The fourth-order valence-electron chi connectivity index (χ4n) is 4.42. The summed E-state index contributed by atoms with van der Waals surface area (Å²) < 4.78 is 27.8. The molecule has 4 atom stereocenters. The molecule has 1 saturated heterocycles. The quantitative estimate of drug-likeness (QED) is 0.192. The van der Waals surface area contributed by atoms with Gasteiger partial charge in [-0.1, -0.05) is 72.8 Å². The van der Waals surface area contributed by atoms with Crippen LogP contribution in [0.2, 0.25) is 0 Å². The molecule has 0 unspecified atom stereocenters. The Balaban J connectivity index is 1.45. The Hall–Kier alpha value is -5.77. The van der Waals surface area contributed by atoms with Crippen LogP contribution in [-0.2, 0) is 28.5 Å². The third kappa shape index (κ3) is 7.16. The molecule has 0 saturated carbocycles. The predicted octanol–water partition coefficient (Wildman–Crippen LogP) is 4.45. The van der Waals surface area contributed by atoms with Crippen LogP contribution in [0.3, 0.4) is 0 Å². The normalized spacial score (nSPS) is 17.9. The Kier molecular flexibility index (Phi) is 9.41. The number of cyclic esters (lactones) is 1. The molecule has 5 rings (SSSR count). The zero-order chi connectivity index (χ0) is 30.9. The first-order chi connectivity index (χ1) is 21.4. The van der Waals surface area contributed by atoms with Crippen LogP contribution < -0.4 is 0 Å². The van der Waals surface area contributed by atoms with Gasteiger partial charge in [-0.2, -0.15) is 0 Å². The highest BCUT2D eigenvalue weighted by molar-refractivity contribution is 5.93. The molecule has 10 nitrogen and oxygen atoms in total. The molecule has 4 aromatic carbocycles. The van der Waals surface area contributed by atoms with E-state index in [1.165, 1.54) is 48.5 Å². The van der Waals surface area contributed by atoms with Crippen LogP contribution in [-0.4, -0.2) is 60.9 Å². The van der Waals surface area contributed by atoms with Crippen molar-refractivity contribution in [3.63, 3.8) is 0 Å². The highest BCUT2D eigenvalue weighted by atomic mass is 16.7. The van der Waals surface area contributed by atoms with E-state index in [2.05, 4.69) is 0 Å². The van der Waals surface area contributed by atoms with E-state index in [0.29, 0.717) is 0 Å².